The van der Waals surface area contributed by atoms with Crippen LogP contribution in [0.25, 0.3) is 0 Å². The zero-order valence-corrected chi connectivity index (χ0v) is 20.2. The molecule has 1 aromatic heterocycles. The van der Waals surface area contributed by atoms with Crippen molar-refractivity contribution in [3.63, 3.8) is 0 Å². The number of nitrogens with one attached hydrogen (secondary N) is 2. The lowest BCUT2D eigenvalue weighted by Crippen LogP contribution is -2.10. The molecule has 0 saturated heterocycles. The van der Waals surface area contributed by atoms with Gasteiger partial charge in [0.2, 0.25) is 11.9 Å². The second-order valence-corrected chi connectivity index (χ2v) is 7.65. The largest absolute Gasteiger partial charge is 0.495 e. The third kappa shape index (κ3) is 5.61. The summed E-state index contributed by atoms with van der Waals surface area (Å²) in [5.41, 5.74) is 0.750. The molecule has 178 valence electrons. The van der Waals surface area contributed by atoms with E-state index >= 15 is 0 Å². The first kappa shape index (κ1) is 25.4. The number of aromatic nitrogens is 2. The van der Waals surface area contributed by atoms with Crippen LogP contribution in [-0.4, -0.2) is 30.1 Å². The molecule has 12 heteroatoms. The molecule has 8 nitrogen and oxygen atoms in total. The maximum Gasteiger partial charge on any atom is 0.247 e. The topological polar surface area (TPSA) is 94.6 Å². The Hall–Kier alpha value is -3.27. The summed E-state index contributed by atoms with van der Waals surface area (Å²) in [4.78, 5) is 19.9. The number of halogens is 4. The van der Waals surface area contributed by atoms with E-state index in [0.717, 1.165) is 12.1 Å². The molecule has 0 aliphatic rings. The van der Waals surface area contributed by atoms with Crippen molar-refractivity contribution in [3.05, 3.63) is 69.7 Å². The molecule has 34 heavy (non-hydrogen) atoms. The molecule has 0 aliphatic heterocycles. The van der Waals surface area contributed by atoms with Gasteiger partial charge in [0.05, 0.1) is 48.0 Å². The van der Waals surface area contributed by atoms with E-state index < -0.39 is 11.7 Å². The molecule has 1 amide bonds. The number of methoxy groups -OCH3 is 2. The Balaban J connectivity index is 1.78. The van der Waals surface area contributed by atoms with Crippen molar-refractivity contribution in [2.45, 2.75) is 6.61 Å². The number of nitrogens with zero attached hydrogens (tertiary/aromatic N) is 2. The van der Waals surface area contributed by atoms with Crippen LogP contribution in [0.15, 0.2) is 43.2 Å². The summed E-state index contributed by atoms with van der Waals surface area (Å²) in [6.07, 6.45) is 3.83. The van der Waals surface area contributed by atoms with Crippen molar-refractivity contribution >= 4 is 58.0 Å². The van der Waals surface area contributed by atoms with E-state index in [1.807, 2.05) is 0 Å². The summed E-state index contributed by atoms with van der Waals surface area (Å²) in [7, 11) is 2.94. The maximum absolute atomic E-state index is 14.0. The molecule has 0 aliphatic carbocycles. The molecular weight excluding hydrogens is 510 g/mol. The standard InChI is InChI=1S/C22H18Cl3FN4O4/c1-4-17(31)29-14-6-5-13(26)20(25)21(14)30-22-27-8-11(9-28-22)34-10-12-18(23)15(32-2)7-16(33-3)19(12)24/h4-9H,1,10H2,2-3H3,(H,29,31)(H,27,28,30). The molecule has 1 heterocycles. The fraction of sp³-hybridized carbons (Fsp3) is 0.136. The molecule has 3 rings (SSSR count). The minimum atomic E-state index is -0.691. The van der Waals surface area contributed by atoms with Crippen LogP contribution < -0.4 is 24.8 Å². The van der Waals surface area contributed by atoms with Crippen molar-refractivity contribution in [3.8, 4) is 17.2 Å². The lowest BCUT2D eigenvalue weighted by Gasteiger charge is -2.15. The lowest BCUT2D eigenvalue weighted by molar-refractivity contribution is -0.111. The minimum absolute atomic E-state index is 0.0190. The molecule has 0 unspecified atom stereocenters. The van der Waals surface area contributed by atoms with Crippen LogP contribution in [0.3, 0.4) is 0 Å². The number of amides is 1. The minimum Gasteiger partial charge on any atom is -0.495 e. The molecule has 0 fully saturated rings. The van der Waals surface area contributed by atoms with Crippen LogP contribution >= 0.6 is 34.8 Å². The molecule has 2 N–H and O–H groups in total. The monoisotopic (exact) mass is 526 g/mol. The van der Waals surface area contributed by atoms with Gasteiger partial charge in [-0.2, -0.15) is 0 Å². The number of carbonyl (C=O) groups is 1. The summed E-state index contributed by atoms with van der Waals surface area (Å²) in [5, 5.41) is 5.63. The van der Waals surface area contributed by atoms with Gasteiger partial charge in [-0.1, -0.05) is 41.4 Å². The van der Waals surface area contributed by atoms with Crippen molar-refractivity contribution < 1.29 is 23.4 Å². The summed E-state index contributed by atoms with van der Waals surface area (Å²) in [6, 6.07) is 4.03. The molecule has 0 atom stereocenters. The summed E-state index contributed by atoms with van der Waals surface area (Å²) in [6.45, 7) is 3.36. The number of hydrogen-bond acceptors (Lipinski definition) is 7. The quantitative estimate of drug-likeness (QED) is 0.328. The highest BCUT2D eigenvalue weighted by atomic mass is 35.5. The highest BCUT2D eigenvalue weighted by Crippen LogP contribution is 2.41. The molecular formula is C22H18Cl3FN4O4. The zero-order chi connectivity index (χ0) is 24.8. The third-order valence-electron chi connectivity index (χ3n) is 4.45. The predicted octanol–water partition coefficient (Wildman–Crippen LogP) is 6.04. The van der Waals surface area contributed by atoms with Gasteiger partial charge < -0.3 is 24.8 Å². The maximum atomic E-state index is 14.0. The van der Waals surface area contributed by atoms with Crippen molar-refractivity contribution in [2.24, 2.45) is 0 Å². The van der Waals surface area contributed by atoms with Gasteiger partial charge in [0.1, 0.15) is 28.9 Å². The smallest absolute Gasteiger partial charge is 0.247 e. The number of carbonyl (C=O) groups excluding carboxylic acids is 1. The number of anilines is 3. The van der Waals surface area contributed by atoms with Crippen LogP contribution in [0.5, 0.6) is 17.2 Å². The second kappa shape index (κ2) is 11.2. The van der Waals surface area contributed by atoms with Gasteiger partial charge in [-0.25, -0.2) is 14.4 Å². The van der Waals surface area contributed by atoms with E-state index in [4.69, 9.17) is 49.0 Å². The van der Waals surface area contributed by atoms with Crippen molar-refractivity contribution in [2.75, 3.05) is 24.9 Å². The van der Waals surface area contributed by atoms with Crippen molar-refractivity contribution in [1.82, 2.24) is 9.97 Å². The van der Waals surface area contributed by atoms with E-state index in [1.54, 1.807) is 6.07 Å². The molecule has 2 aromatic carbocycles. The fourth-order valence-corrected chi connectivity index (χ4v) is 3.57. The van der Waals surface area contributed by atoms with Crippen LogP contribution in [0.2, 0.25) is 15.1 Å². The van der Waals surface area contributed by atoms with Crippen LogP contribution in [-0.2, 0) is 11.4 Å². The SMILES string of the molecule is C=CC(=O)Nc1ccc(F)c(Cl)c1Nc1ncc(OCc2c(Cl)c(OC)cc(OC)c2Cl)cn1. The van der Waals surface area contributed by atoms with Gasteiger partial charge in [-0.3, -0.25) is 4.79 Å². The van der Waals surface area contributed by atoms with Crippen molar-refractivity contribution in [1.29, 1.82) is 0 Å². The first-order valence-electron chi connectivity index (χ1n) is 9.51. The summed E-state index contributed by atoms with van der Waals surface area (Å²) in [5.74, 6) is -0.0598. The Morgan fingerprint density at radius 1 is 1.09 bits per heavy atom. The van der Waals surface area contributed by atoms with Gasteiger partial charge >= 0.3 is 0 Å². The average molecular weight is 528 g/mol. The molecule has 0 bridgehead atoms. The van der Waals surface area contributed by atoms with E-state index in [0.29, 0.717) is 22.8 Å². The Bertz CT molecular complexity index is 1200. The number of ether oxygens (including phenoxy) is 3. The average Bonchev–Trinajstić information content (AvgIpc) is 2.84. The van der Waals surface area contributed by atoms with Crippen LogP contribution in [0, 0.1) is 5.82 Å². The van der Waals surface area contributed by atoms with Crippen LogP contribution in [0.4, 0.5) is 21.7 Å². The highest BCUT2D eigenvalue weighted by molar-refractivity contribution is 6.38. The summed E-state index contributed by atoms with van der Waals surface area (Å²) >= 11 is 18.8. The predicted molar refractivity (Wildman–Crippen MR) is 129 cm³/mol. The van der Waals surface area contributed by atoms with E-state index in [2.05, 4.69) is 27.2 Å². The Kier molecular flexibility index (Phi) is 8.38. The van der Waals surface area contributed by atoms with Gasteiger partial charge in [-0.15, -0.1) is 0 Å². The Morgan fingerprint density at radius 3 is 2.26 bits per heavy atom. The first-order chi connectivity index (χ1) is 16.3. The van der Waals surface area contributed by atoms with Crippen LogP contribution in [0.1, 0.15) is 5.56 Å². The van der Waals surface area contributed by atoms with E-state index in [-0.39, 0.29) is 39.0 Å². The Labute approximate surface area is 209 Å². The van der Waals surface area contributed by atoms with Gasteiger partial charge in [-0.05, 0) is 18.2 Å². The van der Waals surface area contributed by atoms with Gasteiger partial charge in [0.15, 0.2) is 5.75 Å². The van der Waals surface area contributed by atoms with E-state index in [9.17, 15) is 9.18 Å². The highest BCUT2D eigenvalue weighted by Gasteiger charge is 2.18. The second-order valence-electron chi connectivity index (χ2n) is 6.52. The summed E-state index contributed by atoms with van der Waals surface area (Å²) < 4.78 is 30.2. The number of hydrogen-bond donors (Lipinski definition) is 2. The number of benzene rings is 2. The Morgan fingerprint density at radius 2 is 1.71 bits per heavy atom. The molecule has 0 spiro atoms. The molecule has 3 aromatic rings. The van der Waals surface area contributed by atoms with Gasteiger partial charge in [0, 0.05) is 11.6 Å². The molecule has 0 saturated carbocycles. The number of rotatable bonds is 9. The normalized spacial score (nSPS) is 10.4. The zero-order valence-electron chi connectivity index (χ0n) is 17.9. The molecule has 0 radical (unpaired) electrons. The lowest BCUT2D eigenvalue weighted by atomic mass is 10.2. The fourth-order valence-electron chi connectivity index (χ4n) is 2.75. The third-order valence-corrected chi connectivity index (χ3v) is 5.65. The van der Waals surface area contributed by atoms with Gasteiger partial charge in [0.25, 0.3) is 0 Å². The van der Waals surface area contributed by atoms with E-state index in [1.165, 1.54) is 32.7 Å². The first-order valence-corrected chi connectivity index (χ1v) is 10.6.